The molecule has 0 aliphatic carbocycles. The minimum Gasteiger partial charge on any atom is -0.347 e. The molecule has 4 nitrogen and oxygen atoms in total. The van der Waals surface area contributed by atoms with Crippen LogP contribution < -0.4 is 10.6 Å². The zero-order valence-corrected chi connectivity index (χ0v) is 8.34. The van der Waals surface area contributed by atoms with Crippen molar-refractivity contribution in [1.29, 1.82) is 0 Å². The molecule has 1 amide bonds. The molecule has 2 atom stereocenters. The summed E-state index contributed by atoms with van der Waals surface area (Å²) in [5.41, 5.74) is 0. The molecule has 0 aromatic carbocycles. The Morgan fingerprint density at radius 2 is 2.08 bits per heavy atom. The molecule has 1 heterocycles. The third kappa shape index (κ3) is 3.74. The number of carbonyl (C=O) groups excluding carboxylic acids is 1. The molecular weight excluding hydrogens is 166 g/mol. The quantitative estimate of drug-likeness (QED) is 0.450. The SMILES string of the molecule is CC1CN(CCN[C]=O)CC(C)N1. The predicted molar refractivity (Wildman–Crippen MR) is 52.2 cm³/mol. The van der Waals surface area contributed by atoms with E-state index in [9.17, 15) is 4.79 Å². The van der Waals surface area contributed by atoms with Crippen LogP contribution in [0.2, 0.25) is 0 Å². The molecule has 2 unspecified atom stereocenters. The first-order chi connectivity index (χ1) is 6.22. The van der Waals surface area contributed by atoms with E-state index in [1.54, 1.807) is 6.41 Å². The summed E-state index contributed by atoms with van der Waals surface area (Å²) in [5, 5.41) is 6.02. The average molecular weight is 184 g/mol. The Hall–Kier alpha value is -0.610. The van der Waals surface area contributed by atoms with Gasteiger partial charge in [0.25, 0.3) is 0 Å². The molecule has 0 spiro atoms. The number of rotatable bonds is 4. The first-order valence-electron chi connectivity index (χ1n) is 4.80. The van der Waals surface area contributed by atoms with Gasteiger partial charge in [-0.25, -0.2) is 0 Å². The van der Waals surface area contributed by atoms with E-state index in [1.165, 1.54) is 0 Å². The van der Waals surface area contributed by atoms with Crippen molar-refractivity contribution in [3.63, 3.8) is 0 Å². The Labute approximate surface area is 79.7 Å². The van der Waals surface area contributed by atoms with Crippen LogP contribution in [0.5, 0.6) is 0 Å². The van der Waals surface area contributed by atoms with Gasteiger partial charge in [-0.05, 0) is 13.8 Å². The highest BCUT2D eigenvalue weighted by molar-refractivity contribution is 5.46. The van der Waals surface area contributed by atoms with Gasteiger partial charge in [0.05, 0.1) is 0 Å². The molecule has 0 bridgehead atoms. The van der Waals surface area contributed by atoms with E-state index in [4.69, 9.17) is 0 Å². The maximum absolute atomic E-state index is 9.91. The van der Waals surface area contributed by atoms with E-state index in [1.807, 2.05) is 0 Å². The molecule has 1 aliphatic heterocycles. The molecule has 1 saturated heterocycles. The highest BCUT2D eigenvalue weighted by Crippen LogP contribution is 2.02. The lowest BCUT2D eigenvalue weighted by Crippen LogP contribution is -2.55. The van der Waals surface area contributed by atoms with Crippen molar-refractivity contribution in [3.05, 3.63) is 0 Å². The summed E-state index contributed by atoms with van der Waals surface area (Å²) in [6, 6.07) is 1.09. The van der Waals surface area contributed by atoms with Crippen LogP contribution in [0.1, 0.15) is 13.8 Å². The summed E-state index contributed by atoms with van der Waals surface area (Å²) in [4.78, 5) is 12.3. The van der Waals surface area contributed by atoms with Gasteiger partial charge >= 0.3 is 6.41 Å². The summed E-state index contributed by atoms with van der Waals surface area (Å²) >= 11 is 0. The summed E-state index contributed by atoms with van der Waals surface area (Å²) in [7, 11) is 0. The third-order valence-electron chi connectivity index (χ3n) is 2.26. The maximum Gasteiger partial charge on any atom is 0.309 e. The van der Waals surface area contributed by atoms with Crippen molar-refractivity contribution in [3.8, 4) is 0 Å². The molecule has 0 saturated carbocycles. The Balaban J connectivity index is 2.20. The van der Waals surface area contributed by atoms with Gasteiger partial charge < -0.3 is 10.6 Å². The van der Waals surface area contributed by atoms with Crippen LogP contribution in [0.15, 0.2) is 0 Å². The lowest BCUT2D eigenvalue weighted by molar-refractivity contribution is 0.176. The Kier molecular flexibility index (Phi) is 4.18. The minimum atomic E-state index is 0.545. The molecule has 4 heteroatoms. The van der Waals surface area contributed by atoms with Gasteiger partial charge in [-0.3, -0.25) is 9.69 Å². The van der Waals surface area contributed by atoms with Crippen molar-refractivity contribution in [1.82, 2.24) is 15.5 Å². The Morgan fingerprint density at radius 3 is 2.62 bits per heavy atom. The van der Waals surface area contributed by atoms with Crippen LogP contribution in [0.4, 0.5) is 0 Å². The molecule has 2 N–H and O–H groups in total. The lowest BCUT2D eigenvalue weighted by Gasteiger charge is -2.35. The zero-order chi connectivity index (χ0) is 9.68. The first-order valence-corrected chi connectivity index (χ1v) is 4.80. The number of nitrogens with one attached hydrogen (secondary N) is 2. The summed E-state index contributed by atoms with van der Waals surface area (Å²) < 4.78 is 0. The van der Waals surface area contributed by atoms with E-state index in [0.717, 1.165) is 19.6 Å². The second kappa shape index (κ2) is 5.19. The maximum atomic E-state index is 9.91. The summed E-state index contributed by atoms with van der Waals surface area (Å²) in [6.45, 7) is 8.11. The largest absolute Gasteiger partial charge is 0.347 e. The van der Waals surface area contributed by atoms with Crippen LogP contribution in [-0.2, 0) is 4.79 Å². The van der Waals surface area contributed by atoms with Gasteiger partial charge in [0.15, 0.2) is 0 Å². The number of nitrogens with zero attached hydrogens (tertiary/aromatic N) is 1. The Bertz CT molecular complexity index is 153. The minimum absolute atomic E-state index is 0.545. The smallest absolute Gasteiger partial charge is 0.309 e. The van der Waals surface area contributed by atoms with Crippen LogP contribution in [0.25, 0.3) is 0 Å². The third-order valence-corrected chi connectivity index (χ3v) is 2.26. The number of amides is 1. The monoisotopic (exact) mass is 184 g/mol. The van der Waals surface area contributed by atoms with Crippen molar-refractivity contribution in [2.45, 2.75) is 25.9 Å². The molecule has 1 aliphatic rings. The van der Waals surface area contributed by atoms with Gasteiger partial charge in [-0.15, -0.1) is 0 Å². The average Bonchev–Trinajstić information content (AvgIpc) is 2.03. The number of piperazine rings is 1. The van der Waals surface area contributed by atoms with Gasteiger partial charge in [-0.1, -0.05) is 0 Å². The Morgan fingerprint density at radius 1 is 1.46 bits per heavy atom. The molecule has 1 rings (SSSR count). The van der Waals surface area contributed by atoms with Crippen molar-refractivity contribution < 1.29 is 4.79 Å². The van der Waals surface area contributed by atoms with E-state index >= 15 is 0 Å². The predicted octanol–water partition coefficient (Wildman–Crippen LogP) is -0.675. The second-order valence-electron chi connectivity index (χ2n) is 3.76. The standard InChI is InChI=1S/C9H18N3O/c1-8-5-12(4-3-10-7-13)6-9(2)11-8/h8-9,11H,3-6H2,1-2H3,(H,10,13). The lowest BCUT2D eigenvalue weighted by atomic mass is 10.1. The molecule has 13 heavy (non-hydrogen) atoms. The van der Waals surface area contributed by atoms with Crippen LogP contribution in [0, 0.1) is 0 Å². The fraction of sp³-hybridized carbons (Fsp3) is 0.889. The van der Waals surface area contributed by atoms with Gasteiger partial charge in [-0.2, -0.15) is 0 Å². The van der Waals surface area contributed by atoms with Gasteiger partial charge in [0.2, 0.25) is 0 Å². The van der Waals surface area contributed by atoms with Crippen molar-refractivity contribution in [2.75, 3.05) is 26.2 Å². The molecular formula is C9H18N3O. The molecule has 75 valence electrons. The second-order valence-corrected chi connectivity index (χ2v) is 3.76. The zero-order valence-electron chi connectivity index (χ0n) is 8.34. The van der Waals surface area contributed by atoms with Gasteiger partial charge in [0, 0.05) is 38.3 Å². The van der Waals surface area contributed by atoms with Crippen LogP contribution >= 0.6 is 0 Å². The normalized spacial score (nSPS) is 30.0. The summed E-state index contributed by atoms with van der Waals surface area (Å²) in [5.74, 6) is 0. The fourth-order valence-corrected chi connectivity index (χ4v) is 1.89. The topological polar surface area (TPSA) is 44.4 Å². The van der Waals surface area contributed by atoms with Crippen LogP contribution in [0.3, 0.4) is 0 Å². The van der Waals surface area contributed by atoms with E-state index < -0.39 is 0 Å². The van der Waals surface area contributed by atoms with Crippen LogP contribution in [-0.4, -0.2) is 49.6 Å². The molecule has 1 fully saturated rings. The number of hydrogen-bond acceptors (Lipinski definition) is 3. The number of hydrogen-bond donors (Lipinski definition) is 2. The van der Waals surface area contributed by atoms with Crippen molar-refractivity contribution in [2.24, 2.45) is 0 Å². The highest BCUT2D eigenvalue weighted by Gasteiger charge is 2.19. The molecule has 0 aromatic heterocycles. The first kappa shape index (κ1) is 10.5. The highest BCUT2D eigenvalue weighted by atomic mass is 16.1. The molecule has 1 radical (unpaired) electrons. The molecule has 0 aromatic rings. The van der Waals surface area contributed by atoms with E-state index in [0.29, 0.717) is 18.6 Å². The van der Waals surface area contributed by atoms with E-state index in [2.05, 4.69) is 29.4 Å². The van der Waals surface area contributed by atoms with Gasteiger partial charge in [0.1, 0.15) is 0 Å². The van der Waals surface area contributed by atoms with E-state index in [-0.39, 0.29) is 0 Å². The fourth-order valence-electron chi connectivity index (χ4n) is 1.89. The van der Waals surface area contributed by atoms with Crippen molar-refractivity contribution >= 4 is 6.41 Å². The summed E-state index contributed by atoms with van der Waals surface area (Å²) in [6.07, 6.45) is 1.69.